The van der Waals surface area contributed by atoms with Crippen LogP contribution in [0.25, 0.3) is 0 Å². The first-order valence-electron chi connectivity index (χ1n) is 5.83. The Labute approximate surface area is 105 Å². The number of nitrogens with one attached hydrogen (secondary N) is 1. The van der Waals surface area contributed by atoms with E-state index in [4.69, 9.17) is 9.57 Å². The average molecular weight is 255 g/mol. The molecule has 1 N–H and O–H groups in total. The van der Waals surface area contributed by atoms with Crippen molar-refractivity contribution in [2.24, 2.45) is 0 Å². The summed E-state index contributed by atoms with van der Waals surface area (Å²) in [7, 11) is 1.60. The molecule has 4 nitrogen and oxygen atoms in total. The van der Waals surface area contributed by atoms with Gasteiger partial charge >= 0.3 is 0 Å². The Bertz CT molecular complexity index is 389. The van der Waals surface area contributed by atoms with Crippen molar-refractivity contribution in [3.8, 4) is 0 Å². The largest absolute Gasteiger partial charge is 0.382 e. The molecule has 0 fully saturated rings. The van der Waals surface area contributed by atoms with Crippen molar-refractivity contribution >= 4 is 17.2 Å². The molecule has 0 aliphatic heterocycles. The number of carbonyl (C=O) groups excluding carboxylic acids is 1. The minimum absolute atomic E-state index is 0.138. The molecule has 0 unspecified atom stereocenters. The van der Waals surface area contributed by atoms with E-state index in [0.29, 0.717) is 13.2 Å². The van der Waals surface area contributed by atoms with E-state index in [0.717, 1.165) is 18.4 Å². The molecule has 0 saturated carbocycles. The number of fused-ring (bicyclic) bond motifs is 1. The van der Waals surface area contributed by atoms with Crippen LogP contribution in [-0.2, 0) is 22.4 Å². The first-order valence-corrected chi connectivity index (χ1v) is 6.71. The molecular weight excluding hydrogens is 238 g/mol. The number of carbonyl (C=O) groups is 1. The first kappa shape index (κ1) is 12.5. The summed E-state index contributed by atoms with van der Waals surface area (Å²) < 4.78 is 4.83. The van der Waals surface area contributed by atoms with Crippen LogP contribution in [0.1, 0.15) is 33.6 Å². The third-order valence-corrected chi connectivity index (χ3v) is 3.95. The van der Waals surface area contributed by atoms with E-state index < -0.39 is 0 Å². The number of hydroxylamine groups is 1. The predicted molar refractivity (Wildman–Crippen MR) is 66.3 cm³/mol. The maximum absolute atomic E-state index is 11.9. The number of methoxy groups -OCH3 is 1. The van der Waals surface area contributed by atoms with Gasteiger partial charge in [-0.3, -0.25) is 9.63 Å². The number of amides is 1. The maximum atomic E-state index is 11.9. The van der Waals surface area contributed by atoms with Crippen molar-refractivity contribution in [3.05, 3.63) is 21.4 Å². The van der Waals surface area contributed by atoms with Crippen LogP contribution in [0, 0.1) is 0 Å². The zero-order valence-corrected chi connectivity index (χ0v) is 10.8. The second kappa shape index (κ2) is 6.14. The fourth-order valence-corrected chi connectivity index (χ4v) is 3.11. The minimum atomic E-state index is -0.138. The Balaban J connectivity index is 1.92. The van der Waals surface area contributed by atoms with Gasteiger partial charge in [-0.25, -0.2) is 5.48 Å². The van der Waals surface area contributed by atoms with Gasteiger partial charge < -0.3 is 4.74 Å². The van der Waals surface area contributed by atoms with Crippen LogP contribution in [-0.4, -0.2) is 26.2 Å². The van der Waals surface area contributed by atoms with Crippen molar-refractivity contribution < 1.29 is 14.4 Å². The lowest BCUT2D eigenvalue weighted by Crippen LogP contribution is -2.26. The van der Waals surface area contributed by atoms with E-state index in [1.807, 2.05) is 5.38 Å². The van der Waals surface area contributed by atoms with Gasteiger partial charge in [-0.1, -0.05) is 0 Å². The van der Waals surface area contributed by atoms with Gasteiger partial charge in [0, 0.05) is 17.4 Å². The Morgan fingerprint density at radius 1 is 1.41 bits per heavy atom. The summed E-state index contributed by atoms with van der Waals surface area (Å²) in [5.74, 6) is -0.138. The predicted octanol–water partition coefficient (Wildman–Crippen LogP) is 1.93. The van der Waals surface area contributed by atoms with Gasteiger partial charge in [-0.15, -0.1) is 11.3 Å². The molecule has 0 spiro atoms. The number of rotatable bonds is 5. The van der Waals surface area contributed by atoms with Crippen molar-refractivity contribution in [2.45, 2.75) is 25.7 Å². The van der Waals surface area contributed by atoms with E-state index in [9.17, 15) is 4.79 Å². The van der Waals surface area contributed by atoms with Crippen molar-refractivity contribution in [2.75, 3.05) is 20.3 Å². The average Bonchev–Trinajstić information content (AvgIpc) is 2.78. The SMILES string of the molecule is COCCONC(=O)c1csc2c1CCCC2. The quantitative estimate of drug-likeness (QED) is 0.646. The molecule has 1 amide bonds. The molecule has 0 aromatic carbocycles. The lowest BCUT2D eigenvalue weighted by atomic mass is 9.96. The minimum Gasteiger partial charge on any atom is -0.382 e. The first-order chi connectivity index (χ1) is 8.33. The van der Waals surface area contributed by atoms with Crippen LogP contribution in [0.5, 0.6) is 0 Å². The van der Waals surface area contributed by atoms with Crippen molar-refractivity contribution in [1.29, 1.82) is 0 Å². The van der Waals surface area contributed by atoms with E-state index >= 15 is 0 Å². The Hall–Kier alpha value is -0.910. The lowest BCUT2D eigenvalue weighted by Gasteiger charge is -2.12. The number of hydrogen-bond donors (Lipinski definition) is 1. The monoisotopic (exact) mass is 255 g/mol. The van der Waals surface area contributed by atoms with Crippen LogP contribution in [0.15, 0.2) is 5.38 Å². The number of aryl methyl sites for hydroxylation is 1. The van der Waals surface area contributed by atoms with Crippen LogP contribution < -0.4 is 5.48 Å². The van der Waals surface area contributed by atoms with Gasteiger partial charge in [-0.05, 0) is 31.2 Å². The molecule has 1 aromatic rings. The molecular formula is C12H17NO3S. The highest BCUT2D eigenvalue weighted by Gasteiger charge is 2.19. The standard InChI is InChI=1S/C12H17NO3S/c1-15-6-7-16-13-12(14)10-8-17-11-5-3-2-4-9(10)11/h8H,2-7H2,1H3,(H,13,14). The number of thiophene rings is 1. The fraction of sp³-hybridized carbons (Fsp3) is 0.583. The summed E-state index contributed by atoms with van der Waals surface area (Å²) in [6.07, 6.45) is 4.53. The molecule has 2 rings (SSSR count). The van der Waals surface area contributed by atoms with E-state index in [-0.39, 0.29) is 5.91 Å². The molecule has 1 heterocycles. The maximum Gasteiger partial charge on any atom is 0.275 e. The molecule has 94 valence electrons. The Morgan fingerprint density at radius 2 is 2.24 bits per heavy atom. The van der Waals surface area contributed by atoms with E-state index in [1.54, 1.807) is 18.4 Å². The third-order valence-electron chi connectivity index (χ3n) is 2.86. The Morgan fingerprint density at radius 3 is 3.06 bits per heavy atom. The summed E-state index contributed by atoms with van der Waals surface area (Å²) >= 11 is 1.68. The van der Waals surface area contributed by atoms with Gasteiger partial charge in [0.2, 0.25) is 0 Å². The highest BCUT2D eigenvalue weighted by Crippen LogP contribution is 2.29. The third kappa shape index (κ3) is 3.06. The molecule has 0 bridgehead atoms. The lowest BCUT2D eigenvalue weighted by molar-refractivity contribution is 0.00885. The summed E-state index contributed by atoms with van der Waals surface area (Å²) in [5, 5.41) is 1.94. The highest BCUT2D eigenvalue weighted by atomic mass is 32.1. The number of ether oxygens (including phenoxy) is 1. The molecule has 1 aliphatic carbocycles. The zero-order chi connectivity index (χ0) is 12.1. The summed E-state index contributed by atoms with van der Waals surface area (Å²) in [6.45, 7) is 0.844. The second-order valence-electron chi connectivity index (χ2n) is 4.03. The smallest absolute Gasteiger partial charge is 0.275 e. The Kier molecular flexibility index (Phi) is 4.53. The summed E-state index contributed by atoms with van der Waals surface area (Å²) in [4.78, 5) is 18.3. The van der Waals surface area contributed by atoms with E-state index in [1.165, 1.54) is 23.3 Å². The van der Waals surface area contributed by atoms with Crippen LogP contribution in [0.4, 0.5) is 0 Å². The van der Waals surface area contributed by atoms with Crippen LogP contribution in [0.3, 0.4) is 0 Å². The molecule has 0 saturated heterocycles. The van der Waals surface area contributed by atoms with Crippen molar-refractivity contribution in [1.82, 2.24) is 5.48 Å². The second-order valence-corrected chi connectivity index (χ2v) is 4.99. The molecule has 5 heteroatoms. The molecule has 1 aliphatic rings. The normalized spacial score (nSPS) is 14.4. The van der Waals surface area contributed by atoms with Gasteiger partial charge in [0.25, 0.3) is 5.91 Å². The zero-order valence-electron chi connectivity index (χ0n) is 9.95. The molecule has 17 heavy (non-hydrogen) atoms. The highest BCUT2D eigenvalue weighted by molar-refractivity contribution is 7.10. The van der Waals surface area contributed by atoms with Crippen molar-refractivity contribution in [3.63, 3.8) is 0 Å². The van der Waals surface area contributed by atoms with Gasteiger partial charge in [-0.2, -0.15) is 0 Å². The summed E-state index contributed by atoms with van der Waals surface area (Å²) in [5.41, 5.74) is 4.45. The molecule has 0 radical (unpaired) electrons. The van der Waals surface area contributed by atoms with Crippen LogP contribution >= 0.6 is 11.3 Å². The van der Waals surface area contributed by atoms with E-state index in [2.05, 4.69) is 5.48 Å². The van der Waals surface area contributed by atoms with Gasteiger partial charge in [0.15, 0.2) is 0 Å². The summed E-state index contributed by atoms with van der Waals surface area (Å²) in [6, 6.07) is 0. The van der Waals surface area contributed by atoms with Gasteiger partial charge in [0.1, 0.15) is 0 Å². The van der Waals surface area contributed by atoms with Crippen LogP contribution in [0.2, 0.25) is 0 Å². The molecule has 0 atom stereocenters. The number of hydrogen-bond acceptors (Lipinski definition) is 4. The topological polar surface area (TPSA) is 47.6 Å². The van der Waals surface area contributed by atoms with Gasteiger partial charge in [0.05, 0.1) is 18.8 Å². The molecule has 1 aromatic heterocycles. The fourth-order valence-electron chi connectivity index (χ4n) is 1.98.